The summed E-state index contributed by atoms with van der Waals surface area (Å²) in [5.74, 6) is 0.0897. The second kappa shape index (κ2) is 5.15. The molecule has 1 saturated heterocycles. The van der Waals surface area contributed by atoms with Gasteiger partial charge in [0.05, 0.1) is 24.4 Å². The van der Waals surface area contributed by atoms with E-state index < -0.39 is 0 Å². The molecule has 18 heavy (non-hydrogen) atoms. The monoisotopic (exact) mass is 256 g/mol. The van der Waals surface area contributed by atoms with Crippen molar-refractivity contribution in [2.45, 2.75) is 57.4 Å². The maximum atomic E-state index is 12.0. The van der Waals surface area contributed by atoms with Crippen LogP contribution in [0.2, 0.25) is 0 Å². The predicted octanol–water partition coefficient (Wildman–Crippen LogP) is 0.125. The van der Waals surface area contributed by atoms with Gasteiger partial charge in [-0.3, -0.25) is 9.69 Å². The van der Waals surface area contributed by atoms with Gasteiger partial charge in [0.25, 0.3) is 0 Å². The van der Waals surface area contributed by atoms with Crippen LogP contribution in [0.1, 0.15) is 33.6 Å². The molecule has 2 aliphatic rings. The Hall–Kier alpha value is -0.650. The second-order valence-corrected chi connectivity index (χ2v) is 6.07. The number of nitrogens with zero attached hydrogens (tertiary/aromatic N) is 1. The van der Waals surface area contributed by atoms with Gasteiger partial charge in [-0.1, -0.05) is 0 Å². The first-order chi connectivity index (χ1) is 8.41. The van der Waals surface area contributed by atoms with Crippen molar-refractivity contribution in [3.05, 3.63) is 0 Å². The first-order valence-electron chi connectivity index (χ1n) is 6.74. The number of aliphatic hydroxyl groups is 1. The summed E-state index contributed by atoms with van der Waals surface area (Å²) in [5.41, 5.74) is -0.320. The van der Waals surface area contributed by atoms with E-state index in [1.807, 2.05) is 20.8 Å². The lowest BCUT2D eigenvalue weighted by molar-refractivity contribution is -0.161. The summed E-state index contributed by atoms with van der Waals surface area (Å²) < 4.78 is 5.75. The van der Waals surface area contributed by atoms with Gasteiger partial charge in [-0.2, -0.15) is 0 Å². The summed E-state index contributed by atoms with van der Waals surface area (Å²) in [6.45, 7) is 7.23. The molecule has 1 amide bonds. The van der Waals surface area contributed by atoms with Crippen LogP contribution in [0.3, 0.4) is 0 Å². The lowest BCUT2D eigenvalue weighted by Gasteiger charge is -2.44. The van der Waals surface area contributed by atoms with Gasteiger partial charge < -0.3 is 15.2 Å². The molecule has 0 spiro atoms. The Bertz CT molecular complexity index is 315. The average Bonchev–Trinajstić information content (AvgIpc) is 3.09. The van der Waals surface area contributed by atoms with Crippen molar-refractivity contribution >= 4 is 5.91 Å². The molecule has 2 atom stereocenters. The van der Waals surface area contributed by atoms with Crippen molar-refractivity contribution in [1.29, 1.82) is 0 Å². The molecule has 0 radical (unpaired) electrons. The Labute approximate surface area is 108 Å². The van der Waals surface area contributed by atoms with Crippen LogP contribution in [-0.2, 0) is 9.53 Å². The average molecular weight is 256 g/mol. The summed E-state index contributed by atoms with van der Waals surface area (Å²) in [5, 5.41) is 12.3. The number of carbonyl (C=O) groups excluding carboxylic acids is 1. The normalized spacial score (nSPS) is 29.9. The third kappa shape index (κ3) is 3.43. The summed E-state index contributed by atoms with van der Waals surface area (Å²) in [6, 6.07) is 0.227. The zero-order valence-electron chi connectivity index (χ0n) is 11.5. The molecule has 0 aromatic heterocycles. The number of morpholine rings is 1. The Balaban J connectivity index is 1.94. The molecule has 1 aliphatic heterocycles. The SMILES string of the molecule is CC(C(=O)NC1CC1)N1CC(CO)OC(C)(C)C1. The van der Waals surface area contributed by atoms with E-state index in [9.17, 15) is 9.90 Å². The van der Waals surface area contributed by atoms with Gasteiger partial charge in [0.15, 0.2) is 0 Å². The van der Waals surface area contributed by atoms with Gasteiger partial charge in [0, 0.05) is 19.1 Å². The van der Waals surface area contributed by atoms with Gasteiger partial charge in [0.2, 0.25) is 5.91 Å². The highest BCUT2D eigenvalue weighted by Crippen LogP contribution is 2.23. The molecule has 0 aromatic rings. The number of rotatable bonds is 4. The first-order valence-corrected chi connectivity index (χ1v) is 6.74. The Morgan fingerprint density at radius 1 is 1.56 bits per heavy atom. The number of aliphatic hydroxyl groups excluding tert-OH is 1. The highest BCUT2D eigenvalue weighted by atomic mass is 16.5. The zero-order valence-corrected chi connectivity index (χ0v) is 11.5. The lowest BCUT2D eigenvalue weighted by Crippen LogP contribution is -2.59. The Morgan fingerprint density at radius 2 is 2.22 bits per heavy atom. The molecule has 2 fully saturated rings. The van der Waals surface area contributed by atoms with Crippen molar-refractivity contribution in [2.24, 2.45) is 0 Å². The largest absolute Gasteiger partial charge is 0.394 e. The van der Waals surface area contributed by atoms with Crippen LogP contribution in [0.25, 0.3) is 0 Å². The molecule has 2 unspecified atom stereocenters. The summed E-state index contributed by atoms with van der Waals surface area (Å²) in [7, 11) is 0. The zero-order chi connectivity index (χ0) is 13.3. The van der Waals surface area contributed by atoms with E-state index in [0.29, 0.717) is 19.1 Å². The molecular formula is C13H24N2O3. The highest BCUT2D eigenvalue weighted by Gasteiger charge is 2.37. The van der Waals surface area contributed by atoms with Crippen molar-refractivity contribution in [3.8, 4) is 0 Å². The molecule has 0 bridgehead atoms. The lowest BCUT2D eigenvalue weighted by atomic mass is 10.0. The molecule has 1 aliphatic carbocycles. The fourth-order valence-corrected chi connectivity index (χ4v) is 2.45. The number of hydrogen-bond donors (Lipinski definition) is 2. The van der Waals surface area contributed by atoms with Crippen LogP contribution in [0, 0.1) is 0 Å². The molecule has 5 heteroatoms. The molecule has 2 N–H and O–H groups in total. The summed E-state index contributed by atoms with van der Waals surface area (Å²) in [6.07, 6.45) is 2.00. The molecule has 5 nitrogen and oxygen atoms in total. The second-order valence-electron chi connectivity index (χ2n) is 6.07. The predicted molar refractivity (Wildman–Crippen MR) is 68.2 cm³/mol. The molecule has 0 aromatic carbocycles. The number of hydrogen-bond acceptors (Lipinski definition) is 4. The van der Waals surface area contributed by atoms with E-state index >= 15 is 0 Å². The van der Waals surface area contributed by atoms with Crippen molar-refractivity contribution in [1.82, 2.24) is 10.2 Å². The minimum atomic E-state index is -0.320. The van der Waals surface area contributed by atoms with Crippen LogP contribution >= 0.6 is 0 Å². The number of carbonyl (C=O) groups is 1. The van der Waals surface area contributed by atoms with E-state index in [-0.39, 0.29) is 30.3 Å². The van der Waals surface area contributed by atoms with Crippen LogP contribution in [0.5, 0.6) is 0 Å². The van der Waals surface area contributed by atoms with E-state index in [0.717, 1.165) is 12.8 Å². The topological polar surface area (TPSA) is 61.8 Å². The van der Waals surface area contributed by atoms with Gasteiger partial charge >= 0.3 is 0 Å². The third-order valence-electron chi connectivity index (χ3n) is 3.56. The van der Waals surface area contributed by atoms with Crippen molar-refractivity contribution < 1.29 is 14.6 Å². The minimum Gasteiger partial charge on any atom is -0.394 e. The van der Waals surface area contributed by atoms with Crippen LogP contribution in [0.4, 0.5) is 0 Å². The smallest absolute Gasteiger partial charge is 0.237 e. The third-order valence-corrected chi connectivity index (χ3v) is 3.56. The maximum absolute atomic E-state index is 12.0. The van der Waals surface area contributed by atoms with Gasteiger partial charge in [-0.25, -0.2) is 0 Å². The van der Waals surface area contributed by atoms with Gasteiger partial charge in [-0.15, -0.1) is 0 Å². The first kappa shape index (κ1) is 13.8. The number of nitrogens with one attached hydrogen (secondary N) is 1. The van der Waals surface area contributed by atoms with Crippen LogP contribution in [0.15, 0.2) is 0 Å². The summed E-state index contributed by atoms with van der Waals surface area (Å²) in [4.78, 5) is 14.1. The fraction of sp³-hybridized carbons (Fsp3) is 0.923. The van der Waals surface area contributed by atoms with Gasteiger partial charge in [-0.05, 0) is 33.6 Å². The molecular weight excluding hydrogens is 232 g/mol. The summed E-state index contributed by atoms with van der Waals surface area (Å²) >= 11 is 0. The fourth-order valence-electron chi connectivity index (χ4n) is 2.45. The minimum absolute atomic E-state index is 0.00308. The molecule has 1 saturated carbocycles. The molecule has 104 valence electrons. The van der Waals surface area contributed by atoms with E-state index in [1.54, 1.807) is 0 Å². The Kier molecular flexibility index (Phi) is 3.94. The quantitative estimate of drug-likeness (QED) is 0.750. The number of amides is 1. The van der Waals surface area contributed by atoms with Crippen molar-refractivity contribution in [3.63, 3.8) is 0 Å². The van der Waals surface area contributed by atoms with E-state index in [2.05, 4.69) is 10.2 Å². The van der Waals surface area contributed by atoms with E-state index in [4.69, 9.17) is 4.74 Å². The van der Waals surface area contributed by atoms with Crippen LogP contribution in [-0.4, -0.2) is 59.4 Å². The Morgan fingerprint density at radius 3 is 2.78 bits per heavy atom. The number of ether oxygens (including phenoxy) is 1. The highest BCUT2D eigenvalue weighted by molar-refractivity contribution is 5.81. The standard InChI is InChI=1S/C13H24N2O3/c1-9(12(17)14-10-4-5-10)15-6-11(7-16)18-13(2,3)8-15/h9-11,16H,4-8H2,1-3H3,(H,14,17). The van der Waals surface area contributed by atoms with Gasteiger partial charge in [0.1, 0.15) is 0 Å². The van der Waals surface area contributed by atoms with E-state index in [1.165, 1.54) is 0 Å². The molecule has 2 rings (SSSR count). The van der Waals surface area contributed by atoms with Crippen LogP contribution < -0.4 is 5.32 Å². The molecule has 1 heterocycles. The maximum Gasteiger partial charge on any atom is 0.237 e. The van der Waals surface area contributed by atoms with Crippen molar-refractivity contribution in [2.75, 3.05) is 19.7 Å².